The van der Waals surface area contributed by atoms with E-state index in [1.165, 1.54) is 11.1 Å². The summed E-state index contributed by atoms with van der Waals surface area (Å²) in [5, 5.41) is 0. The van der Waals surface area contributed by atoms with Crippen LogP contribution in [0.1, 0.15) is 33.8 Å². The number of aliphatic imine (C=N–C) groups is 2. The normalized spacial score (nSPS) is 11.9. The maximum atomic E-state index is 5.39. The van der Waals surface area contributed by atoms with Crippen molar-refractivity contribution >= 4 is 23.8 Å². The van der Waals surface area contributed by atoms with E-state index in [1.54, 1.807) is 25.0 Å². The van der Waals surface area contributed by atoms with E-state index in [-0.39, 0.29) is 0 Å². The summed E-state index contributed by atoms with van der Waals surface area (Å²) < 4.78 is 10.8. The van der Waals surface area contributed by atoms with Gasteiger partial charge < -0.3 is 8.83 Å². The topological polar surface area (TPSA) is 51.0 Å². The Balaban J connectivity index is 1.47. The Hall–Kier alpha value is -5.22. The first-order chi connectivity index (χ1) is 19.3. The minimum atomic E-state index is -0.547. The molecule has 39 heavy (non-hydrogen) atoms. The molecule has 0 spiro atoms. The van der Waals surface area contributed by atoms with Gasteiger partial charge in [-0.1, -0.05) is 84.9 Å². The van der Waals surface area contributed by atoms with Crippen LogP contribution in [0.4, 0.5) is 11.4 Å². The maximum Gasteiger partial charge on any atom is 0.144 e. The zero-order chi connectivity index (χ0) is 26.3. The molecule has 0 fully saturated rings. The summed E-state index contributed by atoms with van der Waals surface area (Å²) in [7, 11) is 0. The van der Waals surface area contributed by atoms with E-state index in [1.807, 2.05) is 24.3 Å². The second kappa shape index (κ2) is 11.0. The number of rotatable bonds is 8. The summed E-state index contributed by atoms with van der Waals surface area (Å²) in [6.45, 7) is 0. The fourth-order valence-electron chi connectivity index (χ4n) is 4.98. The fraction of sp³-hybridized carbons (Fsp3) is 0.0286. The van der Waals surface area contributed by atoms with Gasteiger partial charge in [-0.3, -0.25) is 9.98 Å². The first-order valence-corrected chi connectivity index (χ1v) is 12.8. The van der Waals surface area contributed by atoms with E-state index in [0.717, 1.165) is 34.0 Å². The zero-order valence-electron chi connectivity index (χ0n) is 21.2. The Morgan fingerprint density at radius 1 is 0.410 bits per heavy atom. The van der Waals surface area contributed by atoms with Gasteiger partial charge in [0, 0.05) is 0 Å². The number of hydrogen-bond acceptors (Lipinski definition) is 4. The van der Waals surface area contributed by atoms with E-state index >= 15 is 0 Å². The number of furan rings is 2. The first-order valence-electron chi connectivity index (χ1n) is 12.8. The summed E-state index contributed by atoms with van der Waals surface area (Å²) in [5.74, 6) is 1.44. The van der Waals surface area contributed by atoms with Gasteiger partial charge in [-0.25, -0.2) is 0 Å². The Labute approximate surface area is 227 Å². The highest BCUT2D eigenvalue weighted by Crippen LogP contribution is 2.45. The molecule has 0 aliphatic rings. The second-order valence-corrected chi connectivity index (χ2v) is 9.12. The predicted octanol–water partition coefficient (Wildman–Crippen LogP) is 8.76. The minimum Gasteiger partial charge on any atom is -0.463 e. The van der Waals surface area contributed by atoms with Crippen molar-refractivity contribution in [3.8, 4) is 0 Å². The Kier molecular flexibility index (Phi) is 6.83. The van der Waals surface area contributed by atoms with Crippen molar-refractivity contribution in [2.45, 2.75) is 5.41 Å². The average Bonchev–Trinajstić information content (AvgIpc) is 3.73. The van der Waals surface area contributed by atoms with Gasteiger partial charge >= 0.3 is 0 Å². The van der Waals surface area contributed by atoms with E-state index in [0.29, 0.717) is 0 Å². The van der Waals surface area contributed by atoms with Crippen LogP contribution in [0.25, 0.3) is 0 Å². The highest BCUT2D eigenvalue weighted by molar-refractivity contribution is 5.79. The Bertz CT molecular complexity index is 1520. The molecule has 6 rings (SSSR count). The lowest BCUT2D eigenvalue weighted by atomic mass is 9.65. The summed E-state index contributed by atoms with van der Waals surface area (Å²) >= 11 is 0. The molecule has 2 heterocycles. The molecule has 0 bridgehead atoms. The maximum absolute atomic E-state index is 5.39. The van der Waals surface area contributed by atoms with Crippen molar-refractivity contribution < 1.29 is 8.83 Å². The molecule has 0 unspecified atom stereocenters. The SMILES string of the molecule is C(=Nc1ccc(C(c2ccccc2)(c2ccccc2)c2ccc(N=Cc3ccco3)cc2)cc1)c1ccco1. The van der Waals surface area contributed by atoms with Crippen molar-refractivity contribution in [3.63, 3.8) is 0 Å². The van der Waals surface area contributed by atoms with Gasteiger partial charge in [-0.2, -0.15) is 0 Å². The van der Waals surface area contributed by atoms with Crippen molar-refractivity contribution in [1.82, 2.24) is 0 Å². The molecule has 188 valence electrons. The van der Waals surface area contributed by atoms with Crippen molar-refractivity contribution in [3.05, 3.63) is 180 Å². The average molecular weight is 507 g/mol. The summed E-state index contributed by atoms with van der Waals surface area (Å²) in [5.41, 5.74) is 5.80. The van der Waals surface area contributed by atoms with Gasteiger partial charge in [0.2, 0.25) is 0 Å². The zero-order valence-corrected chi connectivity index (χ0v) is 21.2. The van der Waals surface area contributed by atoms with Crippen LogP contribution in [0.5, 0.6) is 0 Å². The van der Waals surface area contributed by atoms with Crippen molar-refractivity contribution in [2.75, 3.05) is 0 Å². The molecule has 2 aromatic heterocycles. The number of hydrogen-bond donors (Lipinski definition) is 0. The molecule has 0 saturated carbocycles. The molecule has 0 amide bonds. The van der Waals surface area contributed by atoms with E-state index in [2.05, 4.69) is 119 Å². The molecule has 0 saturated heterocycles. The van der Waals surface area contributed by atoms with Gasteiger partial charge in [-0.15, -0.1) is 0 Å². The van der Waals surface area contributed by atoms with Gasteiger partial charge in [0.25, 0.3) is 0 Å². The molecule has 0 radical (unpaired) electrons. The van der Waals surface area contributed by atoms with Gasteiger partial charge in [-0.05, 0) is 70.8 Å². The lowest BCUT2D eigenvalue weighted by Crippen LogP contribution is -2.30. The highest BCUT2D eigenvalue weighted by Gasteiger charge is 2.38. The smallest absolute Gasteiger partial charge is 0.144 e. The van der Waals surface area contributed by atoms with Crippen LogP contribution in [-0.4, -0.2) is 12.4 Å². The van der Waals surface area contributed by atoms with E-state index < -0.39 is 5.41 Å². The summed E-state index contributed by atoms with van der Waals surface area (Å²) in [4.78, 5) is 9.20. The van der Waals surface area contributed by atoms with Crippen LogP contribution in [-0.2, 0) is 5.41 Å². The molecule has 0 N–H and O–H groups in total. The monoisotopic (exact) mass is 506 g/mol. The van der Waals surface area contributed by atoms with Crippen molar-refractivity contribution in [1.29, 1.82) is 0 Å². The van der Waals surface area contributed by atoms with Crippen LogP contribution in [0.3, 0.4) is 0 Å². The standard InChI is InChI=1S/C35H26N2O2/c1-3-9-27(10-4-1)35(28-11-5-2-6-12-28,29-15-19-31(20-16-29)36-25-33-13-7-23-38-33)30-17-21-32(22-18-30)37-26-34-14-8-24-39-34/h1-26H. The lowest BCUT2D eigenvalue weighted by Gasteiger charge is -2.37. The molecular weight excluding hydrogens is 480 g/mol. The highest BCUT2D eigenvalue weighted by atomic mass is 16.3. The van der Waals surface area contributed by atoms with Crippen LogP contribution >= 0.6 is 0 Å². The lowest BCUT2D eigenvalue weighted by molar-refractivity contribution is 0.560. The minimum absolute atomic E-state index is 0.547. The third-order valence-electron chi connectivity index (χ3n) is 6.78. The largest absolute Gasteiger partial charge is 0.463 e. The molecular formula is C35H26N2O2. The van der Waals surface area contributed by atoms with Gasteiger partial charge in [0.05, 0.1) is 41.7 Å². The Morgan fingerprint density at radius 3 is 1.15 bits per heavy atom. The van der Waals surface area contributed by atoms with Crippen LogP contribution in [0.2, 0.25) is 0 Å². The van der Waals surface area contributed by atoms with Crippen LogP contribution < -0.4 is 0 Å². The molecule has 4 nitrogen and oxygen atoms in total. The van der Waals surface area contributed by atoms with Gasteiger partial charge in [0.15, 0.2) is 0 Å². The predicted molar refractivity (Wildman–Crippen MR) is 157 cm³/mol. The van der Waals surface area contributed by atoms with Crippen LogP contribution in [0.15, 0.2) is 165 Å². The quantitative estimate of drug-likeness (QED) is 0.153. The third-order valence-corrected chi connectivity index (χ3v) is 6.78. The summed E-state index contributed by atoms with van der Waals surface area (Å²) in [6, 6.07) is 45.6. The molecule has 0 aliphatic heterocycles. The van der Waals surface area contributed by atoms with Gasteiger partial charge in [0.1, 0.15) is 11.5 Å². The van der Waals surface area contributed by atoms with Crippen molar-refractivity contribution in [2.24, 2.45) is 9.98 Å². The molecule has 4 heteroatoms. The third kappa shape index (κ3) is 5.00. The molecule has 6 aromatic rings. The Morgan fingerprint density at radius 2 is 0.795 bits per heavy atom. The second-order valence-electron chi connectivity index (χ2n) is 9.12. The summed E-state index contributed by atoms with van der Waals surface area (Å²) in [6.07, 6.45) is 6.76. The number of nitrogens with zero attached hydrogens (tertiary/aromatic N) is 2. The fourth-order valence-corrected chi connectivity index (χ4v) is 4.98. The molecule has 0 aliphatic carbocycles. The number of benzene rings is 4. The van der Waals surface area contributed by atoms with E-state index in [4.69, 9.17) is 8.83 Å². The van der Waals surface area contributed by atoms with Crippen LogP contribution in [0, 0.1) is 0 Å². The van der Waals surface area contributed by atoms with E-state index in [9.17, 15) is 0 Å². The first kappa shape index (κ1) is 24.1. The molecule has 4 aromatic carbocycles. The molecule has 0 atom stereocenters.